The normalized spacial score (nSPS) is 14.7. The molecule has 2 amide bonds. The van der Waals surface area contributed by atoms with Gasteiger partial charge < -0.3 is 9.47 Å². The Labute approximate surface area is 219 Å². The minimum Gasteiger partial charge on any atom is -0.493 e. The lowest BCUT2D eigenvalue weighted by Gasteiger charge is -2.15. The zero-order chi connectivity index (χ0) is 24.2. The number of nitrogens with zero attached hydrogens (tertiary/aromatic N) is 1. The Morgan fingerprint density at radius 2 is 1.88 bits per heavy atom. The molecule has 0 aromatic heterocycles. The zero-order valence-electron chi connectivity index (χ0n) is 17.9. The van der Waals surface area contributed by atoms with E-state index in [1.165, 1.54) is 24.1 Å². The van der Waals surface area contributed by atoms with E-state index >= 15 is 0 Å². The molecule has 3 aromatic carbocycles. The summed E-state index contributed by atoms with van der Waals surface area (Å²) in [5.74, 6) is 0.0394. The first-order valence-corrected chi connectivity index (χ1v) is 12.4. The SMILES string of the molecule is COc1cc(/C=C2\SC(=O)N(Cc3ccccc3)C2=O)cc(I)c1OCc1c(F)cccc1Cl. The zero-order valence-corrected chi connectivity index (χ0v) is 21.6. The third kappa shape index (κ3) is 5.39. The van der Waals surface area contributed by atoms with Crippen LogP contribution in [-0.2, 0) is 17.9 Å². The predicted molar refractivity (Wildman–Crippen MR) is 139 cm³/mol. The van der Waals surface area contributed by atoms with Gasteiger partial charge in [0.15, 0.2) is 11.5 Å². The van der Waals surface area contributed by atoms with E-state index in [-0.39, 0.29) is 34.9 Å². The molecule has 0 radical (unpaired) electrons. The highest BCUT2D eigenvalue weighted by atomic mass is 127. The van der Waals surface area contributed by atoms with Crippen LogP contribution in [0, 0.1) is 9.39 Å². The van der Waals surface area contributed by atoms with Gasteiger partial charge in [-0.3, -0.25) is 14.5 Å². The monoisotopic (exact) mass is 609 g/mol. The van der Waals surface area contributed by atoms with Gasteiger partial charge in [-0.1, -0.05) is 48.0 Å². The highest BCUT2D eigenvalue weighted by Crippen LogP contribution is 2.38. The molecule has 1 aliphatic rings. The second-order valence-electron chi connectivity index (χ2n) is 7.28. The van der Waals surface area contributed by atoms with Crippen LogP contribution in [0.25, 0.3) is 6.08 Å². The van der Waals surface area contributed by atoms with Crippen LogP contribution in [-0.4, -0.2) is 23.2 Å². The summed E-state index contributed by atoms with van der Waals surface area (Å²) in [6.45, 7) is 0.144. The molecule has 0 N–H and O–H groups in total. The molecular formula is C25H18ClFINO4S. The van der Waals surface area contributed by atoms with E-state index < -0.39 is 5.82 Å². The molecule has 5 nitrogen and oxygen atoms in total. The van der Waals surface area contributed by atoms with Gasteiger partial charge in [-0.15, -0.1) is 0 Å². The summed E-state index contributed by atoms with van der Waals surface area (Å²) in [4.78, 5) is 26.9. The van der Waals surface area contributed by atoms with Crippen LogP contribution in [0.5, 0.6) is 11.5 Å². The van der Waals surface area contributed by atoms with Crippen molar-refractivity contribution >= 4 is 63.2 Å². The van der Waals surface area contributed by atoms with Gasteiger partial charge in [0.1, 0.15) is 12.4 Å². The first kappa shape index (κ1) is 24.6. The Hall–Kier alpha value is -2.56. The minimum atomic E-state index is -0.454. The molecule has 4 rings (SSSR count). The minimum absolute atomic E-state index is 0.0738. The third-order valence-corrected chi connectivity index (χ3v) is 7.09. The predicted octanol–water partition coefficient (Wildman–Crippen LogP) is 6.91. The number of halogens is 3. The second-order valence-corrected chi connectivity index (χ2v) is 9.84. The molecule has 0 saturated carbocycles. The molecular weight excluding hydrogens is 592 g/mol. The van der Waals surface area contributed by atoms with Gasteiger partial charge in [-0.05, 0) is 75.8 Å². The van der Waals surface area contributed by atoms with Crippen molar-refractivity contribution in [1.29, 1.82) is 0 Å². The van der Waals surface area contributed by atoms with Gasteiger partial charge in [0, 0.05) is 5.56 Å². The van der Waals surface area contributed by atoms with E-state index in [1.807, 2.05) is 30.3 Å². The van der Waals surface area contributed by atoms with E-state index in [0.717, 1.165) is 17.3 Å². The molecule has 0 spiro atoms. The van der Waals surface area contributed by atoms with Crippen LogP contribution in [0.4, 0.5) is 9.18 Å². The number of methoxy groups -OCH3 is 1. The summed E-state index contributed by atoms with van der Waals surface area (Å²) >= 11 is 9.07. The number of thioether (sulfide) groups is 1. The highest BCUT2D eigenvalue weighted by Gasteiger charge is 2.35. The standard InChI is InChI=1S/C25H18ClFINO4S/c1-32-21-11-16(10-20(28)23(21)33-14-17-18(26)8-5-9-19(17)27)12-22-24(30)29(25(31)34-22)13-15-6-3-2-4-7-15/h2-12H,13-14H2,1H3/b22-12-. The lowest BCUT2D eigenvalue weighted by molar-refractivity contribution is -0.123. The molecule has 0 aliphatic carbocycles. The third-order valence-electron chi connectivity index (χ3n) is 5.03. The average molecular weight is 610 g/mol. The Morgan fingerprint density at radius 3 is 2.59 bits per heavy atom. The first-order valence-electron chi connectivity index (χ1n) is 10.1. The molecule has 1 saturated heterocycles. The van der Waals surface area contributed by atoms with Crippen molar-refractivity contribution in [3.63, 3.8) is 0 Å². The van der Waals surface area contributed by atoms with Crippen molar-refractivity contribution in [1.82, 2.24) is 4.90 Å². The van der Waals surface area contributed by atoms with Crippen LogP contribution in [0.15, 0.2) is 65.6 Å². The molecule has 3 aromatic rings. The maximum absolute atomic E-state index is 14.1. The van der Waals surface area contributed by atoms with Crippen LogP contribution < -0.4 is 9.47 Å². The molecule has 0 bridgehead atoms. The molecule has 1 fully saturated rings. The van der Waals surface area contributed by atoms with Crippen molar-refractivity contribution in [2.45, 2.75) is 13.2 Å². The van der Waals surface area contributed by atoms with Crippen molar-refractivity contribution in [2.24, 2.45) is 0 Å². The lowest BCUT2D eigenvalue weighted by Crippen LogP contribution is -2.27. The Kier molecular flexibility index (Phi) is 7.80. The fourth-order valence-corrected chi connectivity index (χ4v) is 5.17. The number of hydrogen-bond donors (Lipinski definition) is 0. The summed E-state index contributed by atoms with van der Waals surface area (Å²) in [6.07, 6.45) is 1.65. The van der Waals surface area contributed by atoms with Gasteiger partial charge in [0.2, 0.25) is 0 Å². The van der Waals surface area contributed by atoms with Crippen LogP contribution >= 0.6 is 46.0 Å². The smallest absolute Gasteiger partial charge is 0.293 e. The van der Waals surface area contributed by atoms with Gasteiger partial charge in [0.05, 0.1) is 27.2 Å². The Balaban J connectivity index is 1.55. The topological polar surface area (TPSA) is 55.8 Å². The number of rotatable bonds is 7. The number of hydrogen-bond acceptors (Lipinski definition) is 5. The molecule has 0 atom stereocenters. The number of ether oxygens (including phenoxy) is 2. The molecule has 1 heterocycles. The number of benzene rings is 3. The van der Waals surface area contributed by atoms with Crippen molar-refractivity contribution in [3.8, 4) is 11.5 Å². The van der Waals surface area contributed by atoms with E-state index in [2.05, 4.69) is 22.6 Å². The highest BCUT2D eigenvalue weighted by molar-refractivity contribution is 14.1. The number of amides is 2. The Morgan fingerprint density at radius 1 is 1.12 bits per heavy atom. The summed E-state index contributed by atoms with van der Waals surface area (Å²) in [5.41, 5.74) is 1.79. The van der Waals surface area contributed by atoms with Crippen molar-refractivity contribution in [3.05, 3.63) is 96.7 Å². The van der Waals surface area contributed by atoms with E-state index in [4.69, 9.17) is 21.1 Å². The summed E-state index contributed by atoms with van der Waals surface area (Å²) < 4.78 is 26.1. The summed E-state index contributed by atoms with van der Waals surface area (Å²) in [7, 11) is 1.49. The maximum Gasteiger partial charge on any atom is 0.293 e. The first-order chi connectivity index (χ1) is 16.4. The van der Waals surface area contributed by atoms with Crippen LogP contribution in [0.3, 0.4) is 0 Å². The number of carbonyl (C=O) groups excluding carboxylic acids is 2. The fourth-order valence-electron chi connectivity index (χ4n) is 3.33. The van der Waals surface area contributed by atoms with Gasteiger partial charge in [0.25, 0.3) is 11.1 Å². The molecule has 0 unspecified atom stereocenters. The van der Waals surface area contributed by atoms with E-state index in [1.54, 1.807) is 24.3 Å². The molecule has 1 aliphatic heterocycles. The largest absolute Gasteiger partial charge is 0.493 e. The van der Waals surface area contributed by atoms with Crippen LogP contribution in [0.1, 0.15) is 16.7 Å². The number of carbonyl (C=O) groups is 2. The molecule has 34 heavy (non-hydrogen) atoms. The van der Waals surface area contributed by atoms with E-state index in [9.17, 15) is 14.0 Å². The van der Waals surface area contributed by atoms with Crippen LogP contribution in [0.2, 0.25) is 5.02 Å². The quantitative estimate of drug-likeness (QED) is 0.215. The number of imide groups is 1. The maximum atomic E-state index is 14.1. The average Bonchev–Trinajstić information content (AvgIpc) is 3.07. The van der Waals surface area contributed by atoms with Crippen molar-refractivity contribution in [2.75, 3.05) is 7.11 Å². The Bertz CT molecular complexity index is 1270. The van der Waals surface area contributed by atoms with E-state index in [0.29, 0.717) is 25.5 Å². The molecule has 9 heteroatoms. The second kappa shape index (κ2) is 10.8. The van der Waals surface area contributed by atoms with Gasteiger partial charge in [-0.25, -0.2) is 4.39 Å². The fraction of sp³-hybridized carbons (Fsp3) is 0.120. The van der Waals surface area contributed by atoms with Crippen molar-refractivity contribution < 1.29 is 23.5 Å². The summed E-state index contributed by atoms with van der Waals surface area (Å²) in [5, 5.41) is -0.0414. The van der Waals surface area contributed by atoms with Gasteiger partial charge in [-0.2, -0.15) is 0 Å². The molecule has 174 valence electrons. The van der Waals surface area contributed by atoms with Gasteiger partial charge >= 0.3 is 0 Å². The lowest BCUT2D eigenvalue weighted by atomic mass is 10.1. The summed E-state index contributed by atoms with van der Waals surface area (Å²) in [6, 6.07) is 17.3.